The fraction of sp³-hybridized carbons (Fsp3) is 0.538. The lowest BCUT2D eigenvalue weighted by Crippen LogP contribution is -2.41. The zero-order valence-electron chi connectivity index (χ0n) is 9.99. The molecule has 0 bridgehead atoms. The summed E-state index contributed by atoms with van der Waals surface area (Å²) in [5, 5.41) is 3.39. The van der Waals surface area contributed by atoms with Crippen LogP contribution in [0.2, 0.25) is 0 Å². The molecule has 0 radical (unpaired) electrons. The lowest BCUT2D eigenvalue weighted by molar-refractivity contribution is 0.296. The zero-order valence-corrected chi connectivity index (χ0v) is 10.8. The molecule has 94 valence electrons. The maximum absolute atomic E-state index is 12.7. The van der Waals surface area contributed by atoms with Crippen LogP contribution in [-0.4, -0.2) is 28.8 Å². The Morgan fingerprint density at radius 2 is 2.00 bits per heavy atom. The van der Waals surface area contributed by atoms with E-state index in [2.05, 4.69) is 5.32 Å². The minimum atomic E-state index is -0.711. The third-order valence-electron chi connectivity index (χ3n) is 3.30. The summed E-state index contributed by atoms with van der Waals surface area (Å²) in [6, 6.07) is 7.33. The third-order valence-corrected chi connectivity index (χ3v) is 4.08. The first kappa shape index (κ1) is 12.7. The maximum atomic E-state index is 12.7. The van der Waals surface area contributed by atoms with E-state index in [0.717, 1.165) is 25.1 Å². The molecular formula is C13H18FNOS. The van der Waals surface area contributed by atoms with Crippen LogP contribution in [-0.2, 0) is 10.8 Å². The van der Waals surface area contributed by atoms with Crippen LogP contribution in [0, 0.1) is 5.82 Å². The van der Waals surface area contributed by atoms with E-state index >= 15 is 0 Å². The van der Waals surface area contributed by atoms with Crippen molar-refractivity contribution in [3.05, 3.63) is 35.6 Å². The molecule has 1 saturated carbocycles. The zero-order chi connectivity index (χ0) is 12.3. The van der Waals surface area contributed by atoms with Crippen molar-refractivity contribution in [2.24, 2.45) is 0 Å². The summed E-state index contributed by atoms with van der Waals surface area (Å²) in [6.07, 6.45) is 3.92. The fourth-order valence-electron chi connectivity index (χ4n) is 2.20. The fourth-order valence-corrected chi connectivity index (χ4v) is 2.60. The molecule has 1 N–H and O–H groups in total. The van der Waals surface area contributed by atoms with Crippen molar-refractivity contribution in [3.63, 3.8) is 0 Å². The first-order valence-electron chi connectivity index (χ1n) is 5.94. The molecule has 0 saturated heterocycles. The largest absolute Gasteiger partial charge is 0.313 e. The number of benzene rings is 1. The van der Waals surface area contributed by atoms with E-state index in [1.807, 2.05) is 12.1 Å². The molecule has 1 aliphatic carbocycles. The second kappa shape index (κ2) is 5.74. The summed E-state index contributed by atoms with van der Waals surface area (Å²) in [6.45, 7) is 0.823. The van der Waals surface area contributed by atoms with Gasteiger partial charge in [0.1, 0.15) is 5.82 Å². The molecule has 0 amide bonds. The van der Waals surface area contributed by atoms with Gasteiger partial charge in [-0.15, -0.1) is 0 Å². The molecule has 0 spiro atoms. The van der Waals surface area contributed by atoms with Crippen molar-refractivity contribution >= 4 is 10.8 Å². The van der Waals surface area contributed by atoms with Gasteiger partial charge in [-0.1, -0.05) is 12.1 Å². The summed E-state index contributed by atoms with van der Waals surface area (Å²) < 4.78 is 23.6. The number of hydrogen-bond acceptors (Lipinski definition) is 2. The smallest absolute Gasteiger partial charge is 0.123 e. The van der Waals surface area contributed by atoms with Crippen molar-refractivity contribution < 1.29 is 8.60 Å². The SMILES string of the molecule is CS(=O)CCNC1CC(c2ccc(F)cc2)C1. The third kappa shape index (κ3) is 3.61. The Balaban J connectivity index is 1.71. The number of hydrogen-bond donors (Lipinski definition) is 1. The molecule has 1 fully saturated rings. The van der Waals surface area contributed by atoms with Gasteiger partial charge in [-0.2, -0.15) is 0 Å². The molecule has 17 heavy (non-hydrogen) atoms. The molecule has 0 heterocycles. The summed E-state index contributed by atoms with van der Waals surface area (Å²) >= 11 is 0. The van der Waals surface area contributed by atoms with Crippen LogP contribution in [0.4, 0.5) is 4.39 Å². The van der Waals surface area contributed by atoms with Crippen LogP contribution in [0.1, 0.15) is 24.3 Å². The summed E-state index contributed by atoms with van der Waals surface area (Å²) in [7, 11) is -0.711. The molecule has 1 unspecified atom stereocenters. The molecule has 1 atom stereocenters. The van der Waals surface area contributed by atoms with Crippen molar-refractivity contribution in [2.75, 3.05) is 18.6 Å². The summed E-state index contributed by atoms with van der Waals surface area (Å²) in [5.41, 5.74) is 1.23. The first-order valence-corrected chi connectivity index (χ1v) is 7.67. The van der Waals surface area contributed by atoms with Crippen LogP contribution in [0.15, 0.2) is 24.3 Å². The molecule has 0 aliphatic heterocycles. The highest BCUT2D eigenvalue weighted by atomic mass is 32.2. The highest BCUT2D eigenvalue weighted by Gasteiger charge is 2.29. The number of nitrogens with one attached hydrogen (secondary N) is 1. The minimum Gasteiger partial charge on any atom is -0.313 e. The Morgan fingerprint density at radius 1 is 1.35 bits per heavy atom. The lowest BCUT2D eigenvalue weighted by atomic mass is 9.76. The van der Waals surface area contributed by atoms with Crippen LogP contribution >= 0.6 is 0 Å². The average Bonchev–Trinajstić information content (AvgIpc) is 2.23. The average molecular weight is 255 g/mol. The predicted molar refractivity (Wildman–Crippen MR) is 69.1 cm³/mol. The Morgan fingerprint density at radius 3 is 2.59 bits per heavy atom. The standard InChI is InChI=1S/C13H18FNOS/c1-17(16)7-6-15-13-8-11(9-13)10-2-4-12(14)5-3-10/h2-5,11,13,15H,6-9H2,1H3. The second-order valence-corrected chi connectivity index (χ2v) is 6.20. The van der Waals surface area contributed by atoms with E-state index in [9.17, 15) is 8.60 Å². The number of halogens is 1. The summed E-state index contributed by atoms with van der Waals surface area (Å²) in [5.74, 6) is 1.10. The topological polar surface area (TPSA) is 29.1 Å². The van der Waals surface area contributed by atoms with Gasteiger partial charge in [0.25, 0.3) is 0 Å². The van der Waals surface area contributed by atoms with Gasteiger partial charge >= 0.3 is 0 Å². The van der Waals surface area contributed by atoms with E-state index < -0.39 is 10.8 Å². The van der Waals surface area contributed by atoms with Crippen LogP contribution in [0.3, 0.4) is 0 Å². The molecule has 1 aliphatic rings. The second-order valence-electron chi connectivity index (χ2n) is 4.65. The highest BCUT2D eigenvalue weighted by molar-refractivity contribution is 7.84. The van der Waals surface area contributed by atoms with Crippen LogP contribution in [0.5, 0.6) is 0 Å². The monoisotopic (exact) mass is 255 g/mol. The van der Waals surface area contributed by atoms with E-state index in [0.29, 0.717) is 12.0 Å². The quantitative estimate of drug-likeness (QED) is 0.872. The van der Waals surface area contributed by atoms with Gasteiger partial charge in [0.2, 0.25) is 0 Å². The van der Waals surface area contributed by atoms with Crippen molar-refractivity contribution in [1.82, 2.24) is 5.32 Å². The molecule has 1 aromatic carbocycles. The molecular weight excluding hydrogens is 237 g/mol. The Labute approximate surface area is 104 Å². The van der Waals surface area contributed by atoms with Gasteiger partial charge in [0, 0.05) is 35.4 Å². The predicted octanol–water partition coefficient (Wildman–Crippen LogP) is 2.04. The van der Waals surface area contributed by atoms with Crippen molar-refractivity contribution in [2.45, 2.75) is 24.8 Å². The van der Waals surface area contributed by atoms with Crippen molar-refractivity contribution in [1.29, 1.82) is 0 Å². The molecule has 2 nitrogen and oxygen atoms in total. The lowest BCUT2D eigenvalue weighted by Gasteiger charge is -2.36. The van der Waals surface area contributed by atoms with Crippen LogP contribution < -0.4 is 5.32 Å². The molecule has 1 aromatic rings. The minimum absolute atomic E-state index is 0.173. The van der Waals surface area contributed by atoms with Gasteiger partial charge in [-0.3, -0.25) is 4.21 Å². The van der Waals surface area contributed by atoms with Crippen LogP contribution in [0.25, 0.3) is 0 Å². The van der Waals surface area contributed by atoms with Crippen molar-refractivity contribution in [3.8, 4) is 0 Å². The van der Waals surface area contributed by atoms with Gasteiger partial charge in [0.05, 0.1) is 0 Å². The van der Waals surface area contributed by atoms with E-state index in [4.69, 9.17) is 0 Å². The van der Waals surface area contributed by atoms with Gasteiger partial charge in [-0.25, -0.2) is 4.39 Å². The summed E-state index contributed by atoms with van der Waals surface area (Å²) in [4.78, 5) is 0. The molecule has 0 aromatic heterocycles. The van der Waals surface area contributed by atoms with E-state index in [1.165, 1.54) is 17.7 Å². The Hall–Kier alpha value is -0.740. The number of rotatable bonds is 5. The van der Waals surface area contributed by atoms with Gasteiger partial charge < -0.3 is 5.32 Å². The first-order chi connectivity index (χ1) is 8.15. The van der Waals surface area contributed by atoms with E-state index in [-0.39, 0.29) is 5.82 Å². The normalized spacial score (nSPS) is 25.3. The van der Waals surface area contributed by atoms with E-state index in [1.54, 1.807) is 6.26 Å². The highest BCUT2D eigenvalue weighted by Crippen LogP contribution is 2.36. The molecule has 2 rings (SSSR count). The van der Waals surface area contributed by atoms with Gasteiger partial charge in [-0.05, 0) is 36.5 Å². The Kier molecular flexibility index (Phi) is 4.29. The Bertz CT molecular complexity index is 387. The maximum Gasteiger partial charge on any atom is 0.123 e. The van der Waals surface area contributed by atoms with Gasteiger partial charge in [0.15, 0.2) is 0 Å². The molecule has 4 heteroatoms.